The van der Waals surface area contributed by atoms with Crippen molar-refractivity contribution in [2.75, 3.05) is 6.61 Å². The molecule has 120 valence electrons. The normalized spacial score (nSPS) is 10.7. The van der Waals surface area contributed by atoms with E-state index in [1.807, 2.05) is 0 Å². The first kappa shape index (κ1) is 17.8. The molecule has 0 bridgehead atoms. The van der Waals surface area contributed by atoms with Gasteiger partial charge in [-0.05, 0) is 61.7 Å². The molecule has 0 unspecified atom stereocenters. The van der Waals surface area contributed by atoms with Gasteiger partial charge >= 0.3 is 0 Å². The Morgan fingerprint density at radius 3 is 2.61 bits per heavy atom. The van der Waals surface area contributed by atoms with Gasteiger partial charge in [-0.2, -0.15) is 5.10 Å². The molecule has 2 rings (SSSR count). The number of amides is 1. The first-order valence-corrected chi connectivity index (χ1v) is 8.31. The third kappa shape index (κ3) is 5.23. The number of halogens is 3. The topological polar surface area (TPSA) is 70.9 Å². The number of rotatable bonds is 5. The van der Waals surface area contributed by atoms with Crippen LogP contribution in [0.2, 0.25) is 5.02 Å². The number of benzene rings is 2. The van der Waals surface area contributed by atoms with Gasteiger partial charge in [0.1, 0.15) is 11.5 Å². The highest BCUT2D eigenvalue weighted by Crippen LogP contribution is 2.32. The van der Waals surface area contributed by atoms with Gasteiger partial charge in [-0.1, -0.05) is 23.7 Å². The van der Waals surface area contributed by atoms with Crippen molar-refractivity contribution in [3.8, 4) is 11.5 Å². The van der Waals surface area contributed by atoms with Gasteiger partial charge in [-0.15, -0.1) is 0 Å². The SMILES string of the molecule is O=C(COc1ccccc1Cl)N/N=C\c1cc(Br)c(O)c(Br)c1. The van der Waals surface area contributed by atoms with Crippen molar-refractivity contribution in [1.29, 1.82) is 0 Å². The van der Waals surface area contributed by atoms with E-state index in [4.69, 9.17) is 16.3 Å². The number of hydrogen-bond acceptors (Lipinski definition) is 4. The summed E-state index contributed by atoms with van der Waals surface area (Å²) in [6.07, 6.45) is 1.45. The summed E-state index contributed by atoms with van der Waals surface area (Å²) >= 11 is 12.3. The minimum absolute atomic E-state index is 0.0966. The molecule has 0 aromatic heterocycles. The number of nitrogens with one attached hydrogen (secondary N) is 1. The van der Waals surface area contributed by atoms with Crippen LogP contribution in [-0.2, 0) is 4.79 Å². The standard InChI is InChI=1S/C15H11Br2ClN2O3/c16-10-5-9(6-11(17)15(10)22)7-19-20-14(21)8-23-13-4-2-1-3-12(13)18/h1-7,22H,8H2,(H,20,21)/b19-7-. The third-order valence-electron chi connectivity index (χ3n) is 2.64. The maximum absolute atomic E-state index is 11.7. The van der Waals surface area contributed by atoms with Gasteiger partial charge < -0.3 is 9.84 Å². The summed E-state index contributed by atoms with van der Waals surface area (Å²) < 4.78 is 6.32. The van der Waals surface area contributed by atoms with Crippen LogP contribution in [0.15, 0.2) is 50.4 Å². The largest absolute Gasteiger partial charge is 0.506 e. The number of phenolic OH excluding ortho intramolecular Hbond substituents is 1. The van der Waals surface area contributed by atoms with E-state index in [1.165, 1.54) is 6.21 Å². The van der Waals surface area contributed by atoms with Crippen LogP contribution in [0.3, 0.4) is 0 Å². The van der Waals surface area contributed by atoms with E-state index < -0.39 is 5.91 Å². The van der Waals surface area contributed by atoms with Crippen LogP contribution in [0.1, 0.15) is 5.56 Å². The summed E-state index contributed by atoms with van der Waals surface area (Å²) in [5, 5.41) is 13.9. The molecule has 5 nitrogen and oxygen atoms in total. The average molecular weight is 463 g/mol. The van der Waals surface area contributed by atoms with E-state index in [-0.39, 0.29) is 12.4 Å². The van der Waals surface area contributed by atoms with Gasteiger partial charge in [0, 0.05) is 0 Å². The molecule has 0 heterocycles. The maximum atomic E-state index is 11.7. The lowest BCUT2D eigenvalue weighted by molar-refractivity contribution is -0.123. The van der Waals surface area contributed by atoms with Crippen molar-refractivity contribution < 1.29 is 14.6 Å². The fourth-order valence-electron chi connectivity index (χ4n) is 1.58. The smallest absolute Gasteiger partial charge is 0.277 e. The summed E-state index contributed by atoms with van der Waals surface area (Å²) in [6, 6.07) is 10.2. The lowest BCUT2D eigenvalue weighted by atomic mass is 10.2. The zero-order valence-corrected chi connectivity index (χ0v) is 15.5. The third-order valence-corrected chi connectivity index (χ3v) is 4.16. The molecular formula is C15H11Br2ClN2O3. The minimum Gasteiger partial charge on any atom is -0.506 e. The van der Waals surface area contributed by atoms with Crippen LogP contribution in [0.25, 0.3) is 0 Å². The summed E-state index contributed by atoms with van der Waals surface area (Å²) in [5.74, 6) is 0.108. The Morgan fingerprint density at radius 1 is 1.30 bits per heavy atom. The molecule has 0 fully saturated rings. The summed E-state index contributed by atoms with van der Waals surface area (Å²) in [5.41, 5.74) is 3.03. The molecule has 0 aliphatic rings. The fourth-order valence-corrected chi connectivity index (χ4v) is 2.99. The Balaban J connectivity index is 1.88. The molecule has 8 heteroatoms. The molecule has 1 amide bonds. The molecular weight excluding hydrogens is 451 g/mol. The predicted molar refractivity (Wildman–Crippen MR) is 96.2 cm³/mol. The van der Waals surface area contributed by atoms with Gasteiger partial charge in [0.05, 0.1) is 20.2 Å². The molecule has 0 spiro atoms. The van der Waals surface area contributed by atoms with Crippen LogP contribution >= 0.6 is 43.5 Å². The van der Waals surface area contributed by atoms with Crippen LogP contribution in [0.4, 0.5) is 0 Å². The van der Waals surface area contributed by atoms with Crippen molar-refractivity contribution in [1.82, 2.24) is 5.43 Å². The number of phenols is 1. The number of hydrogen-bond donors (Lipinski definition) is 2. The summed E-state index contributed by atoms with van der Waals surface area (Å²) in [4.78, 5) is 11.7. The number of para-hydroxylation sites is 1. The molecule has 0 saturated carbocycles. The number of carbonyl (C=O) groups is 1. The van der Waals surface area contributed by atoms with E-state index >= 15 is 0 Å². The Hall–Kier alpha value is -1.57. The Labute approximate surface area is 154 Å². The second-order valence-corrected chi connectivity index (χ2v) is 6.46. The Kier molecular flexibility index (Phi) is 6.44. The highest BCUT2D eigenvalue weighted by Gasteiger charge is 2.06. The van der Waals surface area contributed by atoms with Crippen LogP contribution in [0.5, 0.6) is 11.5 Å². The quantitative estimate of drug-likeness (QED) is 0.519. The monoisotopic (exact) mass is 460 g/mol. The molecule has 0 aliphatic heterocycles. The van der Waals surface area contributed by atoms with Crippen LogP contribution in [-0.4, -0.2) is 23.8 Å². The molecule has 0 radical (unpaired) electrons. The first-order valence-electron chi connectivity index (χ1n) is 6.34. The number of ether oxygens (including phenoxy) is 1. The number of nitrogens with zero attached hydrogens (tertiary/aromatic N) is 1. The van der Waals surface area contributed by atoms with E-state index in [0.29, 0.717) is 25.3 Å². The average Bonchev–Trinajstić information content (AvgIpc) is 2.52. The second kappa shape index (κ2) is 8.33. The zero-order valence-electron chi connectivity index (χ0n) is 11.6. The molecule has 2 aromatic rings. The Bertz CT molecular complexity index is 730. The first-order chi connectivity index (χ1) is 11.0. The molecule has 0 atom stereocenters. The second-order valence-electron chi connectivity index (χ2n) is 4.35. The number of carbonyl (C=O) groups excluding carboxylic acids is 1. The van der Waals surface area contributed by atoms with E-state index in [1.54, 1.807) is 36.4 Å². The van der Waals surface area contributed by atoms with Crippen molar-refractivity contribution >= 4 is 55.6 Å². The lowest BCUT2D eigenvalue weighted by Gasteiger charge is -2.06. The molecule has 0 saturated heterocycles. The zero-order chi connectivity index (χ0) is 16.8. The van der Waals surface area contributed by atoms with Crippen molar-refractivity contribution in [3.63, 3.8) is 0 Å². The van der Waals surface area contributed by atoms with Crippen LogP contribution in [0, 0.1) is 0 Å². The van der Waals surface area contributed by atoms with E-state index in [0.717, 1.165) is 0 Å². The van der Waals surface area contributed by atoms with Gasteiger partial charge in [-0.25, -0.2) is 5.43 Å². The van der Waals surface area contributed by atoms with Crippen molar-refractivity contribution in [2.45, 2.75) is 0 Å². The Morgan fingerprint density at radius 2 is 1.96 bits per heavy atom. The summed E-state index contributed by atoms with van der Waals surface area (Å²) in [7, 11) is 0. The van der Waals surface area contributed by atoms with Crippen molar-refractivity contribution in [3.05, 3.63) is 55.9 Å². The summed E-state index contributed by atoms with van der Waals surface area (Å²) in [6.45, 7) is -0.204. The van der Waals surface area contributed by atoms with Crippen LogP contribution < -0.4 is 10.2 Å². The molecule has 2 N–H and O–H groups in total. The van der Waals surface area contributed by atoms with Gasteiger partial charge in [0.25, 0.3) is 5.91 Å². The van der Waals surface area contributed by atoms with Crippen molar-refractivity contribution in [2.24, 2.45) is 5.10 Å². The maximum Gasteiger partial charge on any atom is 0.277 e. The minimum atomic E-state index is -0.418. The highest BCUT2D eigenvalue weighted by atomic mass is 79.9. The van der Waals surface area contributed by atoms with Gasteiger partial charge in [0.15, 0.2) is 6.61 Å². The fraction of sp³-hybridized carbons (Fsp3) is 0.0667. The lowest BCUT2D eigenvalue weighted by Crippen LogP contribution is -2.24. The molecule has 2 aromatic carbocycles. The van der Waals surface area contributed by atoms with Gasteiger partial charge in [-0.3, -0.25) is 4.79 Å². The van der Waals surface area contributed by atoms with Gasteiger partial charge in [0.2, 0.25) is 0 Å². The predicted octanol–water partition coefficient (Wildman–Crippen LogP) is 4.10. The highest BCUT2D eigenvalue weighted by molar-refractivity contribution is 9.11. The molecule has 0 aliphatic carbocycles. The molecule has 23 heavy (non-hydrogen) atoms. The van der Waals surface area contributed by atoms with E-state index in [9.17, 15) is 9.90 Å². The number of hydrazone groups is 1. The van der Waals surface area contributed by atoms with E-state index in [2.05, 4.69) is 42.4 Å². The number of aromatic hydroxyl groups is 1.